The van der Waals surface area contributed by atoms with Gasteiger partial charge < -0.3 is 20.9 Å². The number of rotatable bonds is 7. The Labute approximate surface area is 98.5 Å². The Kier molecular flexibility index (Phi) is 6.96. The van der Waals surface area contributed by atoms with E-state index in [4.69, 9.17) is 10.5 Å². The zero-order valence-electron chi connectivity index (χ0n) is 10.3. The lowest BCUT2D eigenvalue weighted by Crippen LogP contribution is -2.42. The van der Waals surface area contributed by atoms with Crippen LogP contribution in [0.2, 0.25) is 0 Å². The average molecular weight is 230 g/mol. The van der Waals surface area contributed by atoms with Crippen LogP contribution in [0, 0.1) is 5.92 Å². The van der Waals surface area contributed by atoms with E-state index in [1.165, 1.54) is 25.7 Å². The summed E-state index contributed by atoms with van der Waals surface area (Å²) in [4.78, 5) is 0. The van der Waals surface area contributed by atoms with Crippen LogP contribution in [0.25, 0.3) is 0 Å². The van der Waals surface area contributed by atoms with Crippen LogP contribution >= 0.6 is 0 Å². The summed E-state index contributed by atoms with van der Waals surface area (Å²) in [6, 6.07) is 0.550. The molecule has 4 heteroatoms. The van der Waals surface area contributed by atoms with Crippen LogP contribution in [0.4, 0.5) is 0 Å². The molecule has 1 aliphatic rings. The maximum absolute atomic E-state index is 9.51. The van der Waals surface area contributed by atoms with E-state index in [0.717, 1.165) is 19.5 Å². The molecule has 1 saturated carbocycles. The number of aliphatic hydroxyl groups excluding tert-OH is 1. The molecular formula is C12H26N2O2. The highest BCUT2D eigenvalue weighted by Gasteiger charge is 2.23. The Morgan fingerprint density at radius 1 is 1.44 bits per heavy atom. The molecule has 0 saturated heterocycles. The van der Waals surface area contributed by atoms with E-state index >= 15 is 0 Å². The molecule has 0 heterocycles. The molecule has 0 aromatic carbocycles. The van der Waals surface area contributed by atoms with E-state index in [0.29, 0.717) is 18.6 Å². The van der Waals surface area contributed by atoms with Crippen LogP contribution in [0.5, 0.6) is 0 Å². The average Bonchev–Trinajstić information content (AvgIpc) is 2.30. The van der Waals surface area contributed by atoms with E-state index in [1.807, 2.05) is 0 Å². The summed E-state index contributed by atoms with van der Waals surface area (Å²) in [5.74, 6) is 0.619. The van der Waals surface area contributed by atoms with Crippen molar-refractivity contribution in [2.24, 2.45) is 11.7 Å². The second-order valence-electron chi connectivity index (χ2n) is 4.74. The first kappa shape index (κ1) is 13.9. The second-order valence-corrected chi connectivity index (χ2v) is 4.74. The molecule has 3 atom stereocenters. The third kappa shape index (κ3) is 4.78. The van der Waals surface area contributed by atoms with Crippen LogP contribution in [-0.4, -0.2) is 44.1 Å². The highest BCUT2D eigenvalue weighted by molar-refractivity contribution is 4.81. The van der Waals surface area contributed by atoms with Gasteiger partial charge in [-0.25, -0.2) is 0 Å². The summed E-state index contributed by atoms with van der Waals surface area (Å²) in [5, 5.41) is 13.0. The van der Waals surface area contributed by atoms with E-state index < -0.39 is 0 Å². The van der Waals surface area contributed by atoms with Crippen molar-refractivity contribution in [3.8, 4) is 0 Å². The molecule has 1 fully saturated rings. The fourth-order valence-electron chi connectivity index (χ4n) is 2.47. The maximum atomic E-state index is 9.51. The van der Waals surface area contributed by atoms with Gasteiger partial charge in [0.2, 0.25) is 0 Å². The van der Waals surface area contributed by atoms with Crippen LogP contribution in [0.3, 0.4) is 0 Å². The SMILES string of the molecule is COCC(O)CCNC1CCCCC1CN. The number of nitrogens with two attached hydrogens (primary N) is 1. The lowest BCUT2D eigenvalue weighted by Gasteiger charge is -2.31. The van der Waals surface area contributed by atoms with Gasteiger partial charge in [0.1, 0.15) is 0 Å². The van der Waals surface area contributed by atoms with Gasteiger partial charge in [-0.1, -0.05) is 12.8 Å². The predicted molar refractivity (Wildman–Crippen MR) is 65.3 cm³/mol. The molecule has 3 unspecified atom stereocenters. The third-order valence-electron chi connectivity index (χ3n) is 3.45. The first-order valence-corrected chi connectivity index (χ1v) is 6.38. The predicted octanol–water partition coefficient (Wildman–Crippen LogP) is 0.491. The maximum Gasteiger partial charge on any atom is 0.0785 e. The molecule has 1 aliphatic carbocycles. The van der Waals surface area contributed by atoms with E-state index in [2.05, 4.69) is 5.32 Å². The zero-order chi connectivity index (χ0) is 11.8. The second kappa shape index (κ2) is 8.01. The van der Waals surface area contributed by atoms with E-state index in [-0.39, 0.29) is 6.10 Å². The van der Waals surface area contributed by atoms with Gasteiger partial charge in [-0.3, -0.25) is 0 Å². The first-order valence-electron chi connectivity index (χ1n) is 6.38. The van der Waals surface area contributed by atoms with Crippen molar-refractivity contribution in [3.63, 3.8) is 0 Å². The molecular weight excluding hydrogens is 204 g/mol. The summed E-state index contributed by atoms with van der Waals surface area (Å²) in [5.41, 5.74) is 5.76. The summed E-state index contributed by atoms with van der Waals surface area (Å²) >= 11 is 0. The van der Waals surface area contributed by atoms with Crippen molar-refractivity contribution in [1.29, 1.82) is 0 Å². The van der Waals surface area contributed by atoms with Gasteiger partial charge in [-0.15, -0.1) is 0 Å². The van der Waals surface area contributed by atoms with Crippen molar-refractivity contribution in [2.45, 2.75) is 44.2 Å². The standard InChI is InChI=1S/C12H26N2O2/c1-16-9-11(15)6-7-14-12-5-3-2-4-10(12)8-13/h10-12,14-15H,2-9,13H2,1H3. The van der Waals surface area contributed by atoms with Crippen molar-refractivity contribution >= 4 is 0 Å². The highest BCUT2D eigenvalue weighted by atomic mass is 16.5. The molecule has 0 spiro atoms. The minimum atomic E-state index is -0.350. The number of hydrogen-bond donors (Lipinski definition) is 3. The van der Waals surface area contributed by atoms with Gasteiger partial charge in [-0.2, -0.15) is 0 Å². The minimum absolute atomic E-state index is 0.350. The van der Waals surface area contributed by atoms with Crippen molar-refractivity contribution < 1.29 is 9.84 Å². The number of aliphatic hydroxyl groups is 1. The van der Waals surface area contributed by atoms with Crippen molar-refractivity contribution in [1.82, 2.24) is 5.32 Å². The fraction of sp³-hybridized carbons (Fsp3) is 1.00. The summed E-state index contributed by atoms with van der Waals surface area (Å²) < 4.78 is 4.89. The van der Waals surface area contributed by atoms with E-state index in [9.17, 15) is 5.11 Å². The van der Waals surface area contributed by atoms with Gasteiger partial charge in [0.25, 0.3) is 0 Å². The molecule has 0 amide bonds. The molecule has 0 aliphatic heterocycles. The number of methoxy groups -OCH3 is 1. The number of ether oxygens (including phenoxy) is 1. The lowest BCUT2D eigenvalue weighted by atomic mass is 9.84. The zero-order valence-corrected chi connectivity index (χ0v) is 10.3. The Hall–Kier alpha value is -0.160. The Morgan fingerprint density at radius 3 is 2.88 bits per heavy atom. The van der Waals surface area contributed by atoms with Gasteiger partial charge >= 0.3 is 0 Å². The van der Waals surface area contributed by atoms with Gasteiger partial charge in [0.05, 0.1) is 12.7 Å². The Morgan fingerprint density at radius 2 is 2.19 bits per heavy atom. The van der Waals surface area contributed by atoms with Crippen molar-refractivity contribution in [2.75, 3.05) is 26.8 Å². The summed E-state index contributed by atoms with van der Waals surface area (Å²) in [6.07, 6.45) is 5.48. The first-order chi connectivity index (χ1) is 7.77. The summed E-state index contributed by atoms with van der Waals surface area (Å²) in [7, 11) is 1.61. The van der Waals surface area contributed by atoms with Gasteiger partial charge in [0.15, 0.2) is 0 Å². The topological polar surface area (TPSA) is 67.5 Å². The number of nitrogens with one attached hydrogen (secondary N) is 1. The van der Waals surface area contributed by atoms with Crippen LogP contribution in [0.1, 0.15) is 32.1 Å². The minimum Gasteiger partial charge on any atom is -0.391 e. The molecule has 16 heavy (non-hydrogen) atoms. The molecule has 0 aromatic heterocycles. The fourth-order valence-corrected chi connectivity index (χ4v) is 2.47. The molecule has 4 N–H and O–H groups in total. The Bertz CT molecular complexity index is 178. The van der Waals surface area contributed by atoms with Crippen LogP contribution in [0.15, 0.2) is 0 Å². The monoisotopic (exact) mass is 230 g/mol. The molecule has 4 nitrogen and oxygen atoms in total. The normalized spacial score (nSPS) is 27.9. The van der Waals surface area contributed by atoms with Crippen molar-refractivity contribution in [3.05, 3.63) is 0 Å². The van der Waals surface area contributed by atoms with Crippen LogP contribution < -0.4 is 11.1 Å². The van der Waals surface area contributed by atoms with E-state index in [1.54, 1.807) is 7.11 Å². The number of hydrogen-bond acceptors (Lipinski definition) is 4. The smallest absolute Gasteiger partial charge is 0.0785 e. The third-order valence-corrected chi connectivity index (χ3v) is 3.45. The quantitative estimate of drug-likeness (QED) is 0.595. The molecule has 0 aromatic rings. The lowest BCUT2D eigenvalue weighted by molar-refractivity contribution is 0.0582. The van der Waals surface area contributed by atoms with Gasteiger partial charge in [-0.05, 0) is 38.3 Å². The molecule has 0 radical (unpaired) electrons. The van der Waals surface area contributed by atoms with Gasteiger partial charge in [0, 0.05) is 13.2 Å². The van der Waals surface area contributed by atoms with Crippen LogP contribution in [-0.2, 0) is 4.74 Å². The highest BCUT2D eigenvalue weighted by Crippen LogP contribution is 2.23. The molecule has 0 bridgehead atoms. The Balaban J connectivity index is 2.15. The molecule has 1 rings (SSSR count). The largest absolute Gasteiger partial charge is 0.391 e. The summed E-state index contributed by atoms with van der Waals surface area (Å²) in [6.45, 7) is 2.05. The molecule has 96 valence electrons.